The summed E-state index contributed by atoms with van der Waals surface area (Å²) in [7, 11) is 0. The molecule has 0 aromatic heterocycles. The first-order valence-corrected chi connectivity index (χ1v) is 4.19. The van der Waals surface area contributed by atoms with Gasteiger partial charge in [-0.05, 0) is 38.0 Å². The quantitative estimate of drug-likeness (QED) is 0.551. The minimum Gasteiger partial charge on any atom is -0.253 e. The topological polar surface area (TPSA) is 14.1 Å². The fourth-order valence-electron chi connectivity index (χ4n) is 1.68. The van der Waals surface area contributed by atoms with Gasteiger partial charge in [-0.1, -0.05) is 12.1 Å². The summed E-state index contributed by atoms with van der Waals surface area (Å²) in [5.41, 5.74) is 6.26. The highest BCUT2D eigenvalue weighted by molar-refractivity contribution is 5.82. The molecule has 1 aromatic rings. The normalized spacial score (nSPS) is 14.6. The van der Waals surface area contributed by atoms with Crippen LogP contribution >= 0.6 is 0 Å². The highest BCUT2D eigenvalue weighted by Crippen LogP contribution is 2.35. The highest BCUT2D eigenvalue weighted by Gasteiger charge is 2.17. The molecule has 1 aliphatic rings. The molecular formula is C11H12N. The molecule has 12 heavy (non-hydrogen) atoms. The van der Waals surface area contributed by atoms with E-state index in [9.17, 15) is 0 Å². The van der Waals surface area contributed by atoms with E-state index < -0.39 is 0 Å². The zero-order chi connectivity index (χ0) is 8.72. The van der Waals surface area contributed by atoms with Crippen molar-refractivity contribution in [2.75, 3.05) is 0 Å². The van der Waals surface area contributed by atoms with Crippen molar-refractivity contribution >= 4 is 11.3 Å². The van der Waals surface area contributed by atoms with Crippen molar-refractivity contribution in [3.8, 4) is 0 Å². The molecule has 1 radical (unpaired) electrons. The maximum absolute atomic E-state index is 4.47. The Balaban J connectivity index is 2.67. The summed E-state index contributed by atoms with van der Waals surface area (Å²) in [4.78, 5) is 0. The molecule has 1 heteroatoms. The predicted molar refractivity (Wildman–Crippen MR) is 51.2 cm³/mol. The number of fused-ring (bicyclic) bond motifs is 1. The van der Waals surface area contributed by atoms with E-state index in [1.54, 1.807) is 0 Å². The third kappa shape index (κ3) is 0.860. The van der Waals surface area contributed by atoms with Crippen LogP contribution in [0.3, 0.4) is 0 Å². The molecule has 0 unspecified atom stereocenters. The van der Waals surface area contributed by atoms with Crippen LogP contribution in [0.5, 0.6) is 0 Å². The van der Waals surface area contributed by atoms with E-state index in [-0.39, 0.29) is 0 Å². The molecule has 2 rings (SSSR count). The lowest BCUT2D eigenvalue weighted by Gasteiger charge is -2.02. The summed E-state index contributed by atoms with van der Waals surface area (Å²) in [6, 6.07) is 6.27. The molecule has 0 amide bonds. The first-order valence-electron chi connectivity index (χ1n) is 4.19. The van der Waals surface area contributed by atoms with Gasteiger partial charge in [0.15, 0.2) is 0 Å². The molecular weight excluding hydrogens is 146 g/mol. The van der Waals surface area contributed by atoms with E-state index >= 15 is 0 Å². The second-order valence-electron chi connectivity index (χ2n) is 3.29. The van der Waals surface area contributed by atoms with Crippen LogP contribution in [-0.2, 0) is 0 Å². The van der Waals surface area contributed by atoms with Crippen molar-refractivity contribution < 1.29 is 0 Å². The van der Waals surface area contributed by atoms with Crippen LogP contribution in [0.25, 0.3) is 5.57 Å². The molecule has 0 spiro atoms. The van der Waals surface area contributed by atoms with Crippen LogP contribution in [0.2, 0.25) is 0 Å². The molecule has 1 aromatic carbocycles. The standard InChI is InChI=1S/C11H12N/c1-7-5-4-6-10-11(7)8(2)9(3)12-10/h4-6H,1-3H3. The molecule has 0 saturated heterocycles. The van der Waals surface area contributed by atoms with E-state index in [0.717, 1.165) is 11.4 Å². The van der Waals surface area contributed by atoms with E-state index in [4.69, 9.17) is 0 Å². The Labute approximate surface area is 73.1 Å². The fourth-order valence-corrected chi connectivity index (χ4v) is 1.68. The second-order valence-corrected chi connectivity index (χ2v) is 3.29. The molecule has 1 nitrogen and oxygen atoms in total. The van der Waals surface area contributed by atoms with Gasteiger partial charge in [0, 0.05) is 11.3 Å². The number of hydrogen-bond acceptors (Lipinski definition) is 0. The maximum Gasteiger partial charge on any atom is 0.0711 e. The van der Waals surface area contributed by atoms with Gasteiger partial charge in [0.25, 0.3) is 0 Å². The molecule has 0 fully saturated rings. The Morgan fingerprint density at radius 2 is 1.83 bits per heavy atom. The lowest BCUT2D eigenvalue weighted by Crippen LogP contribution is -1.87. The molecule has 1 heterocycles. The zero-order valence-corrected chi connectivity index (χ0v) is 7.68. The monoisotopic (exact) mass is 158 g/mol. The first-order chi connectivity index (χ1) is 5.70. The Morgan fingerprint density at radius 1 is 1.08 bits per heavy atom. The largest absolute Gasteiger partial charge is 0.253 e. The summed E-state index contributed by atoms with van der Waals surface area (Å²) >= 11 is 0. The molecule has 0 aliphatic carbocycles. The van der Waals surface area contributed by atoms with Gasteiger partial charge in [-0.3, -0.25) is 5.32 Å². The SMILES string of the molecule is CC1=C(C)c2c(C)cccc2[N]1. The average molecular weight is 158 g/mol. The van der Waals surface area contributed by atoms with Crippen molar-refractivity contribution in [2.24, 2.45) is 0 Å². The third-order valence-corrected chi connectivity index (χ3v) is 2.46. The minimum atomic E-state index is 1.13. The molecule has 61 valence electrons. The Hall–Kier alpha value is -1.24. The Morgan fingerprint density at radius 3 is 2.50 bits per heavy atom. The highest BCUT2D eigenvalue weighted by atomic mass is 14.9. The van der Waals surface area contributed by atoms with E-state index in [1.165, 1.54) is 16.7 Å². The molecule has 0 N–H and O–H groups in total. The van der Waals surface area contributed by atoms with Gasteiger partial charge in [-0.25, -0.2) is 0 Å². The van der Waals surface area contributed by atoms with Gasteiger partial charge < -0.3 is 0 Å². The van der Waals surface area contributed by atoms with Crippen molar-refractivity contribution in [1.82, 2.24) is 5.32 Å². The van der Waals surface area contributed by atoms with Gasteiger partial charge in [-0.15, -0.1) is 0 Å². The first kappa shape index (κ1) is 7.41. The van der Waals surface area contributed by atoms with Crippen molar-refractivity contribution in [1.29, 1.82) is 0 Å². The van der Waals surface area contributed by atoms with Crippen molar-refractivity contribution in [3.63, 3.8) is 0 Å². The molecule has 0 atom stereocenters. The van der Waals surface area contributed by atoms with Crippen LogP contribution in [0.4, 0.5) is 5.69 Å². The fraction of sp³-hybridized carbons (Fsp3) is 0.273. The summed E-state index contributed by atoms with van der Waals surface area (Å²) in [5.74, 6) is 0. The van der Waals surface area contributed by atoms with E-state index in [1.807, 2.05) is 0 Å². The Kier molecular flexibility index (Phi) is 1.47. The summed E-state index contributed by atoms with van der Waals surface area (Å²) in [6.07, 6.45) is 0. The molecule has 0 bridgehead atoms. The number of rotatable bonds is 0. The number of nitrogens with zero attached hydrogens (tertiary/aromatic N) is 1. The third-order valence-electron chi connectivity index (χ3n) is 2.46. The smallest absolute Gasteiger partial charge is 0.0711 e. The van der Waals surface area contributed by atoms with Crippen LogP contribution in [0.15, 0.2) is 23.9 Å². The van der Waals surface area contributed by atoms with E-state index in [0.29, 0.717) is 0 Å². The van der Waals surface area contributed by atoms with Gasteiger partial charge in [0.2, 0.25) is 0 Å². The van der Waals surface area contributed by atoms with Crippen LogP contribution < -0.4 is 5.32 Å². The van der Waals surface area contributed by atoms with Gasteiger partial charge in [0.05, 0.1) is 5.69 Å². The lowest BCUT2D eigenvalue weighted by atomic mass is 10.0. The predicted octanol–water partition coefficient (Wildman–Crippen LogP) is 3.00. The molecule has 0 saturated carbocycles. The van der Waals surface area contributed by atoms with Crippen molar-refractivity contribution in [3.05, 3.63) is 35.0 Å². The minimum absolute atomic E-state index is 1.13. The maximum atomic E-state index is 4.47. The zero-order valence-electron chi connectivity index (χ0n) is 7.68. The summed E-state index contributed by atoms with van der Waals surface area (Å²) < 4.78 is 0. The van der Waals surface area contributed by atoms with Crippen molar-refractivity contribution in [2.45, 2.75) is 20.8 Å². The van der Waals surface area contributed by atoms with Gasteiger partial charge >= 0.3 is 0 Å². The lowest BCUT2D eigenvalue weighted by molar-refractivity contribution is 1.08. The van der Waals surface area contributed by atoms with Crippen LogP contribution in [0, 0.1) is 6.92 Å². The number of hydrogen-bond donors (Lipinski definition) is 0. The van der Waals surface area contributed by atoms with E-state index in [2.05, 4.69) is 44.3 Å². The number of benzene rings is 1. The van der Waals surface area contributed by atoms with Gasteiger partial charge in [-0.2, -0.15) is 0 Å². The molecule has 1 aliphatic heterocycles. The summed E-state index contributed by atoms with van der Waals surface area (Å²) in [5, 5.41) is 4.47. The second kappa shape index (κ2) is 2.37. The van der Waals surface area contributed by atoms with Crippen LogP contribution in [-0.4, -0.2) is 0 Å². The average Bonchev–Trinajstić information content (AvgIpc) is 2.29. The number of aryl methyl sites for hydroxylation is 1. The van der Waals surface area contributed by atoms with Crippen LogP contribution in [0.1, 0.15) is 25.0 Å². The van der Waals surface area contributed by atoms with Gasteiger partial charge in [0.1, 0.15) is 0 Å². The summed E-state index contributed by atoms with van der Waals surface area (Å²) in [6.45, 7) is 6.34. The Bertz CT molecular complexity index is 361. The number of allylic oxidation sites excluding steroid dienone is 2.